The zero-order chi connectivity index (χ0) is 10.7. The van der Waals surface area contributed by atoms with Crippen LogP contribution in [0.15, 0.2) is 29.6 Å². The second-order valence-electron chi connectivity index (χ2n) is 3.08. The highest BCUT2D eigenvalue weighted by atomic mass is 79.9. The molecule has 0 atom stereocenters. The lowest BCUT2D eigenvalue weighted by Gasteiger charge is -1.92. The molecule has 2 aromatic rings. The van der Waals surface area contributed by atoms with Gasteiger partial charge in [0.2, 0.25) is 0 Å². The van der Waals surface area contributed by atoms with Crippen LogP contribution < -0.4 is 0 Å². The number of ketones is 1. The molecule has 0 unspecified atom stereocenters. The summed E-state index contributed by atoms with van der Waals surface area (Å²) in [7, 11) is 0. The predicted molar refractivity (Wildman–Crippen MR) is 69.6 cm³/mol. The maximum absolute atomic E-state index is 11.4. The molecule has 0 radical (unpaired) electrons. The largest absolute Gasteiger partial charge is 0.292 e. The molecular formula is C11H9BrOS2. The van der Waals surface area contributed by atoms with Gasteiger partial charge in [0.1, 0.15) is 0 Å². The summed E-state index contributed by atoms with van der Waals surface area (Å²) in [4.78, 5) is 14.8. The number of carbonyl (C=O) groups excluding carboxylic acids is 1. The molecule has 0 aromatic carbocycles. The number of thiophene rings is 2. The minimum atomic E-state index is 0.164. The molecule has 1 nitrogen and oxygen atoms in total. The Morgan fingerprint density at radius 2 is 2.13 bits per heavy atom. The van der Waals surface area contributed by atoms with Crippen LogP contribution in [0, 0.1) is 0 Å². The van der Waals surface area contributed by atoms with E-state index in [2.05, 4.69) is 33.4 Å². The fourth-order valence-corrected chi connectivity index (χ4v) is 3.55. The Bertz CT molecular complexity index is 445. The van der Waals surface area contributed by atoms with Gasteiger partial charge in [-0.05, 0) is 23.6 Å². The molecule has 0 N–H and O–H groups in total. The molecule has 0 spiro atoms. The molecule has 0 bridgehead atoms. The second-order valence-corrected chi connectivity index (χ2v) is 5.84. The Morgan fingerprint density at radius 3 is 2.80 bits per heavy atom. The molecule has 0 aliphatic rings. The zero-order valence-electron chi connectivity index (χ0n) is 7.90. The average molecular weight is 301 g/mol. The van der Waals surface area contributed by atoms with Crippen molar-refractivity contribution in [2.24, 2.45) is 0 Å². The number of halogens is 1. The van der Waals surface area contributed by atoms with Crippen LogP contribution in [-0.4, -0.2) is 11.1 Å². The number of Topliss-reactive ketones (excluding diaryl/α,β-unsaturated/α-hetero) is 1. The highest BCUT2D eigenvalue weighted by Gasteiger charge is 2.08. The first-order valence-corrected chi connectivity index (χ1v) is 7.31. The lowest BCUT2D eigenvalue weighted by atomic mass is 10.3. The van der Waals surface area contributed by atoms with Crippen LogP contribution in [0.25, 0.3) is 0 Å². The minimum Gasteiger partial charge on any atom is -0.292 e. The fraction of sp³-hybridized carbons (Fsp3) is 0.182. The summed E-state index contributed by atoms with van der Waals surface area (Å²) >= 11 is 6.53. The number of hydrogen-bond acceptors (Lipinski definition) is 3. The van der Waals surface area contributed by atoms with E-state index >= 15 is 0 Å². The van der Waals surface area contributed by atoms with E-state index in [0.29, 0.717) is 5.33 Å². The summed E-state index contributed by atoms with van der Waals surface area (Å²) in [5.41, 5.74) is 0. The van der Waals surface area contributed by atoms with Crippen molar-refractivity contribution in [1.29, 1.82) is 0 Å². The van der Waals surface area contributed by atoms with Gasteiger partial charge in [0.15, 0.2) is 5.78 Å². The molecule has 2 aromatic heterocycles. The quantitative estimate of drug-likeness (QED) is 0.617. The number of rotatable bonds is 4. The first kappa shape index (κ1) is 11.0. The molecule has 2 rings (SSSR count). The number of hydrogen-bond donors (Lipinski definition) is 0. The van der Waals surface area contributed by atoms with E-state index in [-0.39, 0.29) is 5.78 Å². The van der Waals surface area contributed by atoms with Gasteiger partial charge in [-0.1, -0.05) is 22.0 Å². The predicted octanol–water partition coefficient (Wildman–Crippen LogP) is 3.98. The van der Waals surface area contributed by atoms with Gasteiger partial charge < -0.3 is 0 Å². The van der Waals surface area contributed by atoms with E-state index in [9.17, 15) is 4.79 Å². The maximum Gasteiger partial charge on any atom is 0.183 e. The average Bonchev–Trinajstić information content (AvgIpc) is 2.88. The van der Waals surface area contributed by atoms with Crippen LogP contribution in [0.3, 0.4) is 0 Å². The summed E-state index contributed by atoms with van der Waals surface area (Å²) in [6, 6.07) is 8.13. The first-order valence-electron chi connectivity index (χ1n) is 4.50. The van der Waals surface area contributed by atoms with Crippen LogP contribution in [0.1, 0.15) is 19.4 Å². The summed E-state index contributed by atoms with van der Waals surface area (Å²) in [6.07, 6.45) is 0.942. The van der Waals surface area contributed by atoms with E-state index in [1.165, 1.54) is 9.75 Å². The van der Waals surface area contributed by atoms with Gasteiger partial charge in [-0.3, -0.25) is 4.79 Å². The van der Waals surface area contributed by atoms with E-state index in [1.54, 1.807) is 22.7 Å². The lowest BCUT2D eigenvalue weighted by Crippen LogP contribution is -1.94. The van der Waals surface area contributed by atoms with Crippen molar-refractivity contribution in [3.8, 4) is 0 Å². The van der Waals surface area contributed by atoms with Gasteiger partial charge in [-0.25, -0.2) is 0 Å². The van der Waals surface area contributed by atoms with Crippen LogP contribution in [0.4, 0.5) is 0 Å². The molecule has 0 amide bonds. The highest BCUT2D eigenvalue weighted by molar-refractivity contribution is 9.09. The molecule has 0 aliphatic carbocycles. The van der Waals surface area contributed by atoms with Crippen molar-refractivity contribution in [2.45, 2.75) is 6.42 Å². The Labute approximate surface area is 105 Å². The Balaban J connectivity index is 2.11. The van der Waals surface area contributed by atoms with Crippen molar-refractivity contribution < 1.29 is 4.79 Å². The molecule has 15 heavy (non-hydrogen) atoms. The zero-order valence-corrected chi connectivity index (χ0v) is 11.1. The van der Waals surface area contributed by atoms with Crippen LogP contribution in [0.5, 0.6) is 0 Å². The monoisotopic (exact) mass is 300 g/mol. The molecule has 0 saturated carbocycles. The SMILES string of the molecule is O=C(CBr)c1ccc(Cc2cccs2)s1. The molecule has 0 fully saturated rings. The van der Waals surface area contributed by atoms with Gasteiger partial charge in [0, 0.05) is 16.2 Å². The fourth-order valence-electron chi connectivity index (χ4n) is 1.27. The van der Waals surface area contributed by atoms with E-state index in [0.717, 1.165) is 11.3 Å². The second kappa shape index (κ2) is 5.05. The summed E-state index contributed by atoms with van der Waals surface area (Å²) in [6.45, 7) is 0. The molecule has 2 heterocycles. The lowest BCUT2D eigenvalue weighted by molar-refractivity contribution is 0.102. The van der Waals surface area contributed by atoms with E-state index in [1.807, 2.05) is 12.1 Å². The molecule has 4 heteroatoms. The third-order valence-electron chi connectivity index (χ3n) is 1.99. The summed E-state index contributed by atoms with van der Waals surface area (Å²) in [5, 5.41) is 2.49. The van der Waals surface area contributed by atoms with Gasteiger partial charge in [0.05, 0.1) is 10.2 Å². The van der Waals surface area contributed by atoms with Crippen LogP contribution in [0.2, 0.25) is 0 Å². The van der Waals surface area contributed by atoms with E-state index in [4.69, 9.17) is 0 Å². The smallest absolute Gasteiger partial charge is 0.183 e. The number of alkyl halides is 1. The standard InChI is InChI=1S/C11H9BrOS2/c12-7-10(13)11-4-3-9(15-11)6-8-2-1-5-14-8/h1-5H,6-7H2. The topological polar surface area (TPSA) is 17.1 Å². The van der Waals surface area contributed by atoms with E-state index < -0.39 is 0 Å². The Morgan fingerprint density at radius 1 is 1.27 bits per heavy atom. The summed E-state index contributed by atoms with van der Waals surface area (Å²) in [5.74, 6) is 0.164. The maximum atomic E-state index is 11.4. The van der Waals surface area contributed by atoms with Gasteiger partial charge in [-0.2, -0.15) is 0 Å². The van der Waals surface area contributed by atoms with Crippen molar-refractivity contribution in [3.63, 3.8) is 0 Å². The van der Waals surface area contributed by atoms with Crippen molar-refractivity contribution in [1.82, 2.24) is 0 Å². The van der Waals surface area contributed by atoms with Gasteiger partial charge >= 0.3 is 0 Å². The van der Waals surface area contributed by atoms with Crippen LogP contribution >= 0.6 is 38.6 Å². The Hall–Kier alpha value is -0.450. The Kier molecular flexibility index (Phi) is 3.72. The van der Waals surface area contributed by atoms with Crippen LogP contribution in [-0.2, 0) is 6.42 Å². The summed E-state index contributed by atoms with van der Waals surface area (Å²) < 4.78 is 0. The third-order valence-corrected chi connectivity index (χ3v) is 4.50. The van der Waals surface area contributed by atoms with Crippen molar-refractivity contribution in [2.75, 3.05) is 5.33 Å². The third kappa shape index (κ3) is 2.77. The molecule has 78 valence electrons. The molecule has 0 aliphatic heterocycles. The van der Waals surface area contributed by atoms with Gasteiger partial charge in [-0.15, -0.1) is 22.7 Å². The first-order chi connectivity index (χ1) is 7.29. The molecule has 0 saturated heterocycles. The van der Waals surface area contributed by atoms with Gasteiger partial charge in [0.25, 0.3) is 0 Å². The van der Waals surface area contributed by atoms with Crippen molar-refractivity contribution >= 4 is 44.4 Å². The normalized spacial score (nSPS) is 10.5. The number of carbonyl (C=O) groups is 1. The molecular weight excluding hydrogens is 292 g/mol. The minimum absolute atomic E-state index is 0.164. The highest BCUT2D eigenvalue weighted by Crippen LogP contribution is 2.22. The van der Waals surface area contributed by atoms with Crippen molar-refractivity contribution in [3.05, 3.63) is 44.3 Å².